The number of aromatic amines is 1. The molecule has 0 atom stereocenters. The van der Waals surface area contributed by atoms with Gasteiger partial charge in [-0.15, -0.1) is 22.7 Å². The summed E-state index contributed by atoms with van der Waals surface area (Å²) in [6.07, 6.45) is 5.41. The number of esters is 1. The van der Waals surface area contributed by atoms with Gasteiger partial charge in [-0.1, -0.05) is 18.2 Å². The van der Waals surface area contributed by atoms with Crippen molar-refractivity contribution in [3.63, 3.8) is 0 Å². The molecule has 54 heavy (non-hydrogen) atoms. The fourth-order valence-corrected chi connectivity index (χ4v) is 9.56. The number of aliphatic hydroxyl groups is 2. The van der Waals surface area contributed by atoms with Crippen molar-refractivity contribution in [1.29, 1.82) is 0 Å². The number of piperidine rings is 1. The maximum Gasteiger partial charge on any atom is 0.349 e. The van der Waals surface area contributed by atoms with Crippen LogP contribution in [0.5, 0.6) is 5.75 Å². The number of pyridine rings is 1. The Morgan fingerprint density at radius 3 is 2.46 bits per heavy atom. The molecule has 0 bridgehead atoms. The highest BCUT2D eigenvalue weighted by Gasteiger charge is 2.45. The Bertz CT molecular complexity index is 2090. The highest BCUT2D eigenvalue weighted by Crippen LogP contribution is 2.39. The summed E-state index contributed by atoms with van der Waals surface area (Å²) in [5.74, 6) is 5.96. The van der Waals surface area contributed by atoms with Crippen molar-refractivity contribution >= 4 is 50.9 Å². The second-order valence-corrected chi connectivity index (χ2v) is 16.3. The molecule has 1 fully saturated rings. The van der Waals surface area contributed by atoms with E-state index in [1.165, 1.54) is 45.4 Å². The van der Waals surface area contributed by atoms with Crippen LogP contribution in [0.4, 0.5) is 11.4 Å². The first-order chi connectivity index (χ1) is 26.1. The monoisotopic (exact) mass is 772 g/mol. The summed E-state index contributed by atoms with van der Waals surface area (Å²) >= 11 is 2.58. The average molecular weight is 773 g/mol. The number of hydrazine groups is 1. The number of nitrogen functional groups attached to an aromatic ring is 1. The Labute approximate surface area is 322 Å². The molecule has 2 aromatic carbocycles. The van der Waals surface area contributed by atoms with Crippen LogP contribution in [-0.4, -0.2) is 76.1 Å². The number of likely N-dealkylation sites (tertiary alicyclic amines) is 1. The van der Waals surface area contributed by atoms with Crippen molar-refractivity contribution in [2.75, 3.05) is 50.1 Å². The largest absolute Gasteiger partial charge is 0.506 e. The molecule has 0 radical (unpaired) electrons. The molecule has 286 valence electrons. The number of hydrogen-bond donors (Lipinski definition) is 7. The first-order valence-electron chi connectivity index (χ1n) is 18.5. The maximum absolute atomic E-state index is 13.3. The number of thiophene rings is 2. The van der Waals surface area contributed by atoms with Gasteiger partial charge in [0.25, 0.3) is 0 Å². The van der Waals surface area contributed by atoms with Crippen LogP contribution in [0.25, 0.3) is 10.9 Å². The first kappa shape index (κ1) is 38.0. The number of ether oxygens (including phenoxy) is 1. The van der Waals surface area contributed by atoms with Crippen LogP contribution in [0.2, 0.25) is 0 Å². The number of H-pyrrole nitrogens is 1. The van der Waals surface area contributed by atoms with E-state index >= 15 is 0 Å². The van der Waals surface area contributed by atoms with Gasteiger partial charge in [0.15, 0.2) is 0 Å². The SMILES string of the molecule is Nc1cc(CNCCc2ccc(O)c3[nH]c(=O)ccc23)c2c(c1N(N)CCCN1CCC(O)(COC(=O)C(O)(c3cccs3)c3cccs3)CC1)CCC2. The molecule has 0 saturated carbocycles. The highest BCUT2D eigenvalue weighted by atomic mass is 32.1. The third-order valence-corrected chi connectivity index (χ3v) is 12.8. The minimum atomic E-state index is -1.90. The molecular weight excluding hydrogens is 725 g/mol. The molecule has 0 spiro atoms. The molecular formula is C40H48N6O6S2. The minimum Gasteiger partial charge on any atom is -0.506 e. The standard InChI is InChI=1S/C40H48N6O6S2/c41-31-23-27(24-43-16-13-26-9-11-32(47)36-29(26)10-12-35(48)44-36)28-5-1-6-30(28)37(31)46(42)18-4-17-45-19-14-39(50,15-20-45)25-52-38(49)40(51,33-7-2-21-53-33)34-8-3-22-54-34/h2-3,7-12,21-23,43,47,50-51H,1,4-6,13-20,24-25,41-42H2,(H,44,48). The molecule has 4 heterocycles. The normalized spacial score (nSPS) is 15.8. The van der Waals surface area contributed by atoms with Crippen LogP contribution in [-0.2, 0) is 40.9 Å². The Kier molecular flexibility index (Phi) is 11.4. The number of benzene rings is 2. The van der Waals surface area contributed by atoms with Crippen LogP contribution >= 0.6 is 22.7 Å². The van der Waals surface area contributed by atoms with Crippen molar-refractivity contribution < 1.29 is 24.9 Å². The summed E-state index contributed by atoms with van der Waals surface area (Å²) in [5, 5.41) is 42.8. The molecule has 0 unspecified atom stereocenters. The van der Waals surface area contributed by atoms with Gasteiger partial charge in [0.1, 0.15) is 18.0 Å². The summed E-state index contributed by atoms with van der Waals surface area (Å²) in [7, 11) is 0. The average Bonchev–Trinajstić information content (AvgIpc) is 3.98. The number of hydrogen-bond acceptors (Lipinski definition) is 13. The Morgan fingerprint density at radius 2 is 1.76 bits per heavy atom. The Hall–Kier alpha value is -4.28. The van der Waals surface area contributed by atoms with E-state index in [4.69, 9.17) is 16.3 Å². The van der Waals surface area contributed by atoms with E-state index in [1.807, 2.05) is 22.9 Å². The number of nitrogens with zero attached hydrogens (tertiary/aromatic N) is 2. The molecule has 2 aliphatic rings. The van der Waals surface area contributed by atoms with Crippen LogP contribution in [0, 0.1) is 0 Å². The smallest absolute Gasteiger partial charge is 0.349 e. The van der Waals surface area contributed by atoms with Gasteiger partial charge in [-0.2, -0.15) is 0 Å². The number of nitrogens with one attached hydrogen (secondary N) is 2. The molecule has 5 aromatic rings. The lowest BCUT2D eigenvalue weighted by molar-refractivity contribution is -0.171. The predicted molar refractivity (Wildman–Crippen MR) is 214 cm³/mol. The lowest BCUT2D eigenvalue weighted by atomic mass is 9.92. The molecule has 9 N–H and O–H groups in total. The van der Waals surface area contributed by atoms with Crippen LogP contribution in [0.1, 0.15) is 57.7 Å². The summed E-state index contributed by atoms with van der Waals surface area (Å²) in [5.41, 5.74) is 10.2. The zero-order valence-corrected chi connectivity index (χ0v) is 31.8. The van der Waals surface area contributed by atoms with Gasteiger partial charge in [0.2, 0.25) is 11.2 Å². The molecule has 7 rings (SSSR count). The Balaban J connectivity index is 0.883. The molecule has 0 amide bonds. The van der Waals surface area contributed by atoms with Crippen molar-refractivity contribution in [3.8, 4) is 5.75 Å². The predicted octanol–water partition coefficient (Wildman–Crippen LogP) is 4.14. The van der Waals surface area contributed by atoms with Gasteiger partial charge in [-0.25, -0.2) is 10.6 Å². The minimum absolute atomic E-state index is 0.0621. The number of phenolic OH excluding ortho intramolecular Hbond substituents is 1. The quantitative estimate of drug-likeness (QED) is 0.0266. The molecule has 14 heteroatoms. The second-order valence-electron chi connectivity index (χ2n) is 14.4. The lowest BCUT2D eigenvalue weighted by Crippen LogP contribution is -2.49. The van der Waals surface area contributed by atoms with E-state index in [2.05, 4.69) is 15.2 Å². The Morgan fingerprint density at radius 1 is 1.04 bits per heavy atom. The van der Waals surface area contributed by atoms with Crippen molar-refractivity contribution in [2.45, 2.75) is 62.7 Å². The number of fused-ring (bicyclic) bond motifs is 2. The van der Waals surface area contributed by atoms with E-state index in [1.54, 1.807) is 41.4 Å². The summed E-state index contributed by atoms with van der Waals surface area (Å²) in [4.78, 5) is 31.0. The number of phenols is 1. The number of aromatic nitrogens is 1. The van der Waals surface area contributed by atoms with Crippen LogP contribution < -0.4 is 27.5 Å². The number of anilines is 2. The first-order valence-corrected chi connectivity index (χ1v) is 20.2. The fraction of sp³-hybridized carbons (Fsp3) is 0.400. The lowest BCUT2D eigenvalue weighted by Gasteiger charge is -2.38. The third-order valence-electron chi connectivity index (χ3n) is 10.8. The van der Waals surface area contributed by atoms with E-state index in [9.17, 15) is 24.9 Å². The summed E-state index contributed by atoms with van der Waals surface area (Å²) in [6, 6.07) is 15.8. The number of nitrogens with two attached hydrogens (primary N) is 2. The zero-order chi connectivity index (χ0) is 37.9. The number of rotatable bonds is 15. The summed E-state index contributed by atoms with van der Waals surface area (Å²) in [6.45, 7) is 3.95. The van der Waals surface area contributed by atoms with Gasteiger partial charge in [-0.3, -0.25) is 4.79 Å². The van der Waals surface area contributed by atoms with Gasteiger partial charge in [0.05, 0.1) is 26.6 Å². The second kappa shape index (κ2) is 16.2. The number of carbonyl (C=O) groups excluding carboxylic acids is 1. The van der Waals surface area contributed by atoms with Crippen molar-refractivity contribution in [1.82, 2.24) is 15.2 Å². The molecule has 1 aliphatic carbocycles. The topological polar surface area (TPSA) is 190 Å². The van der Waals surface area contributed by atoms with Gasteiger partial charge < -0.3 is 46.0 Å². The van der Waals surface area contributed by atoms with Gasteiger partial charge in [0, 0.05) is 37.6 Å². The van der Waals surface area contributed by atoms with E-state index in [0.29, 0.717) is 66.5 Å². The fourth-order valence-electron chi connectivity index (χ4n) is 7.84. The molecule has 12 nitrogen and oxygen atoms in total. The maximum atomic E-state index is 13.3. The van der Waals surface area contributed by atoms with Crippen LogP contribution in [0.3, 0.4) is 0 Å². The zero-order valence-electron chi connectivity index (χ0n) is 30.2. The molecule has 1 aliphatic heterocycles. The number of aromatic hydroxyl groups is 1. The van der Waals surface area contributed by atoms with Gasteiger partial charge >= 0.3 is 5.97 Å². The van der Waals surface area contributed by atoms with E-state index < -0.39 is 17.2 Å². The highest BCUT2D eigenvalue weighted by molar-refractivity contribution is 7.12. The molecule has 1 saturated heterocycles. The summed E-state index contributed by atoms with van der Waals surface area (Å²) < 4.78 is 5.62. The van der Waals surface area contributed by atoms with Crippen LogP contribution in [0.15, 0.2) is 70.2 Å². The third kappa shape index (κ3) is 7.91. The van der Waals surface area contributed by atoms with Crippen molar-refractivity contribution in [3.05, 3.63) is 108 Å². The van der Waals surface area contributed by atoms with Crippen molar-refractivity contribution in [2.24, 2.45) is 5.84 Å². The van der Waals surface area contributed by atoms with E-state index in [0.717, 1.165) is 55.3 Å². The van der Waals surface area contributed by atoms with Gasteiger partial charge in [-0.05, 0) is 121 Å². The van der Waals surface area contributed by atoms with E-state index in [-0.39, 0.29) is 17.9 Å². The molecule has 3 aromatic heterocycles. The number of carbonyl (C=O) groups is 1.